The van der Waals surface area contributed by atoms with Crippen LogP contribution in [-0.4, -0.2) is 28.2 Å². The molecule has 1 aliphatic carbocycles. The van der Waals surface area contributed by atoms with Gasteiger partial charge in [0.2, 0.25) is 5.41 Å². The lowest BCUT2D eigenvalue weighted by atomic mass is 9.76. The van der Waals surface area contributed by atoms with Crippen LogP contribution in [0.5, 0.6) is 0 Å². The monoisotopic (exact) mass is 300 g/mol. The van der Waals surface area contributed by atoms with Crippen LogP contribution in [0.3, 0.4) is 0 Å². The van der Waals surface area contributed by atoms with Gasteiger partial charge in [-0.15, -0.1) is 0 Å². The molecule has 0 saturated heterocycles. The number of hydrogen-bond donors (Lipinski definition) is 4. The largest absolute Gasteiger partial charge is 0.480 e. The number of carbonyl (C=O) groups is 2. The van der Waals surface area contributed by atoms with Gasteiger partial charge in [-0.1, -0.05) is 36.4 Å². The van der Waals surface area contributed by atoms with Gasteiger partial charge in [0.05, 0.1) is 6.04 Å². The fourth-order valence-electron chi connectivity index (χ4n) is 2.18. The van der Waals surface area contributed by atoms with Gasteiger partial charge in [-0.3, -0.25) is 9.59 Å². The first-order valence-electron chi connectivity index (χ1n) is 6.53. The fraction of sp³-hybridized carbons (Fsp3) is 0.125. The maximum Gasteiger partial charge on any atom is 0.327 e. The zero-order valence-corrected chi connectivity index (χ0v) is 11.6. The van der Waals surface area contributed by atoms with E-state index >= 15 is 0 Å². The van der Waals surface area contributed by atoms with E-state index in [2.05, 4.69) is 0 Å². The molecule has 1 aromatic rings. The summed E-state index contributed by atoms with van der Waals surface area (Å²) in [6.45, 7) is 0. The number of carboxylic acids is 2. The Morgan fingerprint density at radius 2 is 1.68 bits per heavy atom. The van der Waals surface area contributed by atoms with Crippen molar-refractivity contribution in [1.29, 1.82) is 0 Å². The highest BCUT2D eigenvalue weighted by Crippen LogP contribution is 2.31. The summed E-state index contributed by atoms with van der Waals surface area (Å²) in [4.78, 5) is 22.8. The van der Waals surface area contributed by atoms with Gasteiger partial charge >= 0.3 is 11.9 Å². The Morgan fingerprint density at radius 1 is 1.09 bits per heavy atom. The number of carboxylic acid groups (broad SMARTS) is 2. The summed E-state index contributed by atoms with van der Waals surface area (Å²) >= 11 is 0. The van der Waals surface area contributed by atoms with Crippen LogP contribution in [0, 0.1) is 5.41 Å². The van der Waals surface area contributed by atoms with E-state index in [4.69, 9.17) is 11.5 Å². The van der Waals surface area contributed by atoms with Crippen molar-refractivity contribution in [3.8, 4) is 0 Å². The van der Waals surface area contributed by atoms with E-state index in [0.29, 0.717) is 11.3 Å². The molecule has 6 N–H and O–H groups in total. The first-order chi connectivity index (χ1) is 10.4. The molecule has 0 amide bonds. The Balaban J connectivity index is 2.35. The summed E-state index contributed by atoms with van der Waals surface area (Å²) in [6.07, 6.45) is 7.51. The van der Waals surface area contributed by atoms with E-state index in [9.17, 15) is 19.8 Å². The molecular weight excluding hydrogens is 284 g/mol. The minimum absolute atomic E-state index is 0.461. The number of rotatable bonds is 4. The molecule has 6 nitrogen and oxygen atoms in total. The highest BCUT2D eigenvalue weighted by Gasteiger charge is 2.50. The lowest BCUT2D eigenvalue weighted by Crippen LogP contribution is -2.52. The number of hydrogen-bond acceptors (Lipinski definition) is 4. The van der Waals surface area contributed by atoms with Crippen LogP contribution in [0.15, 0.2) is 54.1 Å². The number of anilines is 1. The lowest BCUT2D eigenvalue weighted by molar-refractivity contribution is -0.161. The Hall–Kier alpha value is -2.86. The van der Waals surface area contributed by atoms with Crippen molar-refractivity contribution in [2.75, 3.05) is 5.73 Å². The molecule has 0 saturated carbocycles. The zero-order chi connectivity index (χ0) is 16.3. The topological polar surface area (TPSA) is 127 Å². The summed E-state index contributed by atoms with van der Waals surface area (Å²) in [7, 11) is 0. The average Bonchev–Trinajstić information content (AvgIpc) is 2.47. The van der Waals surface area contributed by atoms with Crippen molar-refractivity contribution in [2.45, 2.75) is 6.04 Å². The first-order valence-corrected chi connectivity index (χ1v) is 6.53. The van der Waals surface area contributed by atoms with Gasteiger partial charge in [-0.25, -0.2) is 0 Å². The smallest absolute Gasteiger partial charge is 0.327 e. The average molecular weight is 300 g/mol. The molecule has 0 aliphatic heterocycles. The van der Waals surface area contributed by atoms with Gasteiger partial charge in [0, 0.05) is 5.69 Å². The summed E-state index contributed by atoms with van der Waals surface area (Å²) in [5.41, 5.74) is 11.1. The van der Waals surface area contributed by atoms with E-state index in [0.717, 1.165) is 11.6 Å². The van der Waals surface area contributed by atoms with Crippen molar-refractivity contribution in [1.82, 2.24) is 0 Å². The molecule has 0 spiro atoms. The predicted octanol–water partition coefficient (Wildman–Crippen LogP) is 1.26. The minimum Gasteiger partial charge on any atom is -0.480 e. The predicted molar refractivity (Wildman–Crippen MR) is 82.8 cm³/mol. The maximum atomic E-state index is 11.4. The van der Waals surface area contributed by atoms with Gasteiger partial charge in [0.15, 0.2) is 0 Å². The molecule has 1 aliphatic rings. The number of benzene rings is 1. The molecule has 0 bridgehead atoms. The molecule has 0 fully saturated rings. The van der Waals surface area contributed by atoms with Crippen molar-refractivity contribution >= 4 is 23.7 Å². The lowest BCUT2D eigenvalue weighted by Gasteiger charge is -2.29. The number of aliphatic carboxylic acids is 2. The fourth-order valence-corrected chi connectivity index (χ4v) is 2.18. The standard InChI is InChI=1S/C16H16N2O4/c17-12-6-3-10(4-7-12)1-2-11-5-8-13(18)16(9-11,14(19)20)15(21)22/h1-9,13H,17-18H2,(H,19,20)(H,21,22). The van der Waals surface area contributed by atoms with E-state index in [-0.39, 0.29) is 0 Å². The third-order valence-corrected chi connectivity index (χ3v) is 3.53. The second-order valence-electron chi connectivity index (χ2n) is 5.01. The molecule has 1 aromatic carbocycles. The van der Waals surface area contributed by atoms with Gasteiger partial charge in [0.1, 0.15) is 0 Å². The Bertz CT molecular complexity index is 673. The highest BCUT2D eigenvalue weighted by molar-refractivity contribution is 6.02. The van der Waals surface area contributed by atoms with Crippen LogP contribution in [0.25, 0.3) is 6.08 Å². The van der Waals surface area contributed by atoms with Gasteiger partial charge in [-0.05, 0) is 29.3 Å². The normalized spacial score (nSPS) is 19.9. The number of nitrogen functional groups attached to an aromatic ring is 1. The Kier molecular flexibility index (Phi) is 4.14. The second-order valence-corrected chi connectivity index (χ2v) is 5.01. The Labute approximate surface area is 127 Å². The summed E-state index contributed by atoms with van der Waals surface area (Å²) < 4.78 is 0. The quantitative estimate of drug-likeness (QED) is 0.490. The summed E-state index contributed by atoms with van der Waals surface area (Å²) in [6, 6.07) is 5.94. The van der Waals surface area contributed by atoms with E-state index < -0.39 is 23.4 Å². The van der Waals surface area contributed by atoms with Crippen molar-refractivity contribution in [3.63, 3.8) is 0 Å². The van der Waals surface area contributed by atoms with E-state index in [1.54, 1.807) is 42.5 Å². The van der Waals surface area contributed by atoms with Crippen LogP contribution < -0.4 is 11.5 Å². The van der Waals surface area contributed by atoms with Crippen LogP contribution in [0.1, 0.15) is 5.56 Å². The second kappa shape index (κ2) is 5.87. The number of nitrogens with two attached hydrogens (primary N) is 2. The molecule has 0 aromatic heterocycles. The molecule has 2 rings (SSSR count). The van der Waals surface area contributed by atoms with Crippen LogP contribution in [-0.2, 0) is 9.59 Å². The zero-order valence-electron chi connectivity index (χ0n) is 11.6. The minimum atomic E-state index is -2.16. The van der Waals surface area contributed by atoms with E-state index in [1.165, 1.54) is 6.08 Å². The van der Waals surface area contributed by atoms with Gasteiger partial charge in [-0.2, -0.15) is 0 Å². The molecular formula is C16H16N2O4. The first kappa shape index (κ1) is 15.5. The molecule has 114 valence electrons. The molecule has 1 atom stereocenters. The van der Waals surface area contributed by atoms with Crippen molar-refractivity contribution in [2.24, 2.45) is 11.1 Å². The third kappa shape index (κ3) is 2.77. The number of allylic oxidation sites excluding steroid dienone is 3. The molecule has 1 unspecified atom stereocenters. The van der Waals surface area contributed by atoms with Crippen molar-refractivity contribution < 1.29 is 19.8 Å². The van der Waals surface area contributed by atoms with Gasteiger partial charge < -0.3 is 21.7 Å². The van der Waals surface area contributed by atoms with Crippen LogP contribution in [0.4, 0.5) is 5.69 Å². The molecule has 0 heterocycles. The van der Waals surface area contributed by atoms with E-state index in [1.807, 2.05) is 0 Å². The molecule has 22 heavy (non-hydrogen) atoms. The van der Waals surface area contributed by atoms with Gasteiger partial charge in [0.25, 0.3) is 0 Å². The maximum absolute atomic E-state index is 11.4. The molecule has 6 heteroatoms. The SMILES string of the molecule is Nc1ccc(C=CC2=CC(C(=O)O)(C(=O)O)C(N)C=C2)cc1. The summed E-state index contributed by atoms with van der Waals surface area (Å²) in [5.74, 6) is -2.98. The highest BCUT2D eigenvalue weighted by atomic mass is 16.4. The van der Waals surface area contributed by atoms with Crippen LogP contribution in [0.2, 0.25) is 0 Å². The molecule has 0 radical (unpaired) electrons. The summed E-state index contributed by atoms with van der Waals surface area (Å²) in [5, 5.41) is 18.6. The van der Waals surface area contributed by atoms with Crippen molar-refractivity contribution in [3.05, 3.63) is 59.7 Å². The Morgan fingerprint density at radius 3 is 2.23 bits per heavy atom. The third-order valence-electron chi connectivity index (χ3n) is 3.53. The van der Waals surface area contributed by atoms with Crippen LogP contribution >= 0.6 is 0 Å².